The minimum absolute atomic E-state index is 0.291. The second-order valence-electron chi connectivity index (χ2n) is 9.32. The van der Waals surface area contributed by atoms with Crippen LogP contribution in [0.5, 0.6) is 0 Å². The van der Waals surface area contributed by atoms with Crippen LogP contribution in [0.3, 0.4) is 0 Å². The van der Waals surface area contributed by atoms with Crippen molar-refractivity contribution in [1.29, 1.82) is 0 Å². The van der Waals surface area contributed by atoms with E-state index in [9.17, 15) is 0 Å². The van der Waals surface area contributed by atoms with Gasteiger partial charge in [0.05, 0.1) is 0 Å². The number of hydrogen-bond donors (Lipinski definition) is 0. The first-order chi connectivity index (χ1) is 15.7. The van der Waals surface area contributed by atoms with Gasteiger partial charge in [0.2, 0.25) is 5.69 Å². The Hall–Kier alpha value is -3.71. The van der Waals surface area contributed by atoms with Crippen molar-refractivity contribution in [3.63, 3.8) is 0 Å². The molecule has 152 valence electrons. The SMILES string of the molecule is Cc1cc2c(cc1-c1cccc[n+]1C)C1c3ccccc3C2c2cc3ccccc3cc21. The maximum absolute atomic E-state index is 2.48. The molecular weight excluding hydrogens is 386 g/mol. The van der Waals surface area contributed by atoms with Gasteiger partial charge in [-0.05, 0) is 80.9 Å². The van der Waals surface area contributed by atoms with Crippen molar-refractivity contribution in [3.8, 4) is 11.3 Å². The van der Waals surface area contributed by atoms with Crippen molar-refractivity contribution in [1.82, 2.24) is 0 Å². The molecule has 2 atom stereocenters. The molecule has 0 aliphatic heterocycles. The molecule has 0 saturated carbocycles. The van der Waals surface area contributed by atoms with Crippen LogP contribution < -0.4 is 4.57 Å². The Labute approximate surface area is 188 Å². The molecule has 0 fully saturated rings. The molecule has 2 bridgehead atoms. The van der Waals surface area contributed by atoms with Gasteiger partial charge in [0.25, 0.3) is 0 Å². The van der Waals surface area contributed by atoms with Gasteiger partial charge in [-0.15, -0.1) is 0 Å². The third-order valence-electron chi connectivity index (χ3n) is 7.57. The highest BCUT2D eigenvalue weighted by Gasteiger charge is 2.42. The fourth-order valence-corrected chi connectivity index (χ4v) is 6.14. The molecule has 2 unspecified atom stereocenters. The minimum atomic E-state index is 0.291. The predicted octanol–water partition coefficient (Wildman–Crippen LogP) is 6.63. The second kappa shape index (κ2) is 6.40. The first-order valence-corrected chi connectivity index (χ1v) is 11.4. The summed E-state index contributed by atoms with van der Waals surface area (Å²) in [5.41, 5.74) is 12.8. The van der Waals surface area contributed by atoms with Gasteiger partial charge in [0.15, 0.2) is 6.20 Å². The van der Waals surface area contributed by atoms with Crippen molar-refractivity contribution in [2.45, 2.75) is 18.8 Å². The quantitative estimate of drug-likeness (QED) is 0.268. The van der Waals surface area contributed by atoms with Gasteiger partial charge in [0, 0.05) is 29.5 Å². The molecule has 0 saturated heterocycles. The average molecular weight is 411 g/mol. The summed E-state index contributed by atoms with van der Waals surface area (Å²) >= 11 is 0. The third kappa shape index (κ3) is 2.31. The molecule has 0 radical (unpaired) electrons. The number of fused-ring (bicyclic) bond motifs is 1. The lowest BCUT2D eigenvalue weighted by molar-refractivity contribution is -0.660. The minimum Gasteiger partial charge on any atom is -0.201 e. The molecule has 3 aliphatic rings. The number of aromatic nitrogens is 1. The largest absolute Gasteiger partial charge is 0.212 e. The zero-order valence-corrected chi connectivity index (χ0v) is 18.3. The van der Waals surface area contributed by atoms with Crippen LogP contribution in [0.4, 0.5) is 0 Å². The maximum Gasteiger partial charge on any atom is 0.212 e. The molecule has 3 aliphatic carbocycles. The van der Waals surface area contributed by atoms with E-state index in [2.05, 4.69) is 116 Å². The lowest BCUT2D eigenvalue weighted by Gasteiger charge is -2.42. The fourth-order valence-electron chi connectivity index (χ4n) is 6.14. The lowest BCUT2D eigenvalue weighted by atomic mass is 9.60. The molecular formula is C31H24N+. The van der Waals surface area contributed by atoms with E-state index in [0.29, 0.717) is 11.8 Å². The van der Waals surface area contributed by atoms with Crippen LogP contribution >= 0.6 is 0 Å². The average Bonchev–Trinajstić information content (AvgIpc) is 2.82. The van der Waals surface area contributed by atoms with Crippen molar-refractivity contribution in [3.05, 3.63) is 136 Å². The van der Waals surface area contributed by atoms with E-state index in [0.717, 1.165) is 0 Å². The molecule has 0 amide bonds. The van der Waals surface area contributed by atoms with E-state index in [4.69, 9.17) is 0 Å². The van der Waals surface area contributed by atoms with Crippen LogP contribution in [0.1, 0.15) is 50.8 Å². The van der Waals surface area contributed by atoms with Gasteiger partial charge in [-0.2, -0.15) is 0 Å². The monoisotopic (exact) mass is 410 g/mol. The highest BCUT2D eigenvalue weighted by molar-refractivity contribution is 5.87. The number of pyridine rings is 1. The zero-order chi connectivity index (χ0) is 21.4. The van der Waals surface area contributed by atoms with Crippen molar-refractivity contribution >= 4 is 10.8 Å². The molecule has 0 spiro atoms. The van der Waals surface area contributed by atoms with Crippen LogP contribution in [0, 0.1) is 6.92 Å². The van der Waals surface area contributed by atoms with Crippen LogP contribution in [0.25, 0.3) is 22.0 Å². The molecule has 5 aromatic rings. The summed E-state index contributed by atoms with van der Waals surface area (Å²) in [5.74, 6) is 0.599. The topological polar surface area (TPSA) is 3.88 Å². The summed E-state index contributed by atoms with van der Waals surface area (Å²) in [4.78, 5) is 0. The normalized spacial score (nSPS) is 17.7. The molecule has 1 aromatic heterocycles. The Morgan fingerprint density at radius 3 is 1.72 bits per heavy atom. The molecule has 0 N–H and O–H groups in total. The van der Waals surface area contributed by atoms with Gasteiger partial charge in [-0.3, -0.25) is 0 Å². The van der Waals surface area contributed by atoms with E-state index in [-0.39, 0.29) is 0 Å². The smallest absolute Gasteiger partial charge is 0.201 e. The van der Waals surface area contributed by atoms with E-state index in [1.807, 2.05) is 0 Å². The van der Waals surface area contributed by atoms with Gasteiger partial charge in [-0.25, -0.2) is 4.57 Å². The highest BCUT2D eigenvalue weighted by Crippen LogP contribution is 2.57. The maximum atomic E-state index is 2.48. The Bertz CT molecular complexity index is 1560. The molecule has 8 rings (SSSR count). The standard InChI is InChI=1S/C31H24N/c1-19-15-25-28(18-24(19)29-13-7-8-14-32(29)2)31-23-12-6-5-11-22(23)30(25)26-16-20-9-3-4-10-21(20)17-27(26)31/h3-18,30-31H,1-2H3/q+1. The third-order valence-corrected chi connectivity index (χ3v) is 7.57. The van der Waals surface area contributed by atoms with Gasteiger partial charge in [0.1, 0.15) is 7.05 Å². The van der Waals surface area contributed by atoms with Crippen molar-refractivity contribution in [2.24, 2.45) is 7.05 Å². The number of rotatable bonds is 1. The number of hydrogen-bond acceptors (Lipinski definition) is 0. The first kappa shape index (κ1) is 17.9. The van der Waals surface area contributed by atoms with Gasteiger partial charge < -0.3 is 0 Å². The second-order valence-corrected chi connectivity index (χ2v) is 9.32. The van der Waals surface area contributed by atoms with Crippen molar-refractivity contribution < 1.29 is 4.57 Å². The predicted molar refractivity (Wildman–Crippen MR) is 130 cm³/mol. The van der Waals surface area contributed by atoms with E-state index >= 15 is 0 Å². The van der Waals surface area contributed by atoms with Gasteiger partial charge >= 0.3 is 0 Å². The van der Waals surface area contributed by atoms with Crippen molar-refractivity contribution in [2.75, 3.05) is 0 Å². The van der Waals surface area contributed by atoms with E-state index in [1.54, 1.807) is 0 Å². The highest BCUT2D eigenvalue weighted by atomic mass is 14.9. The number of aryl methyl sites for hydroxylation is 2. The molecule has 32 heavy (non-hydrogen) atoms. The van der Waals surface area contributed by atoms with Crippen LogP contribution in [-0.2, 0) is 7.05 Å². The van der Waals surface area contributed by atoms with Crippen LogP contribution in [0.15, 0.2) is 97.2 Å². The summed E-state index contributed by atoms with van der Waals surface area (Å²) in [6, 6.07) is 34.2. The Morgan fingerprint density at radius 1 is 0.562 bits per heavy atom. The van der Waals surface area contributed by atoms with Crippen LogP contribution in [-0.4, -0.2) is 0 Å². The number of nitrogens with zero attached hydrogens (tertiary/aromatic N) is 1. The Morgan fingerprint density at radius 2 is 1.09 bits per heavy atom. The van der Waals surface area contributed by atoms with E-state index in [1.165, 1.54) is 61.0 Å². The molecule has 1 heterocycles. The molecule has 1 heteroatoms. The Balaban J connectivity index is 1.55. The Kier molecular flexibility index (Phi) is 3.58. The summed E-state index contributed by atoms with van der Waals surface area (Å²) in [6.07, 6.45) is 2.14. The molecule has 4 aromatic carbocycles. The summed E-state index contributed by atoms with van der Waals surface area (Å²) < 4.78 is 2.23. The van der Waals surface area contributed by atoms with Gasteiger partial charge in [-0.1, -0.05) is 54.6 Å². The zero-order valence-electron chi connectivity index (χ0n) is 18.3. The number of benzene rings is 4. The lowest BCUT2D eigenvalue weighted by Crippen LogP contribution is -2.31. The summed E-state index contributed by atoms with van der Waals surface area (Å²) in [5, 5.41) is 2.67. The molecule has 1 nitrogen and oxygen atoms in total. The van der Waals surface area contributed by atoms with E-state index < -0.39 is 0 Å². The first-order valence-electron chi connectivity index (χ1n) is 11.4. The fraction of sp³-hybridized carbons (Fsp3) is 0.129. The summed E-state index contributed by atoms with van der Waals surface area (Å²) in [7, 11) is 2.14. The summed E-state index contributed by atoms with van der Waals surface area (Å²) in [6.45, 7) is 2.26. The van der Waals surface area contributed by atoms with Crippen LogP contribution in [0.2, 0.25) is 0 Å².